The zero-order chi connectivity index (χ0) is 18.1. The van der Waals surface area contributed by atoms with E-state index in [2.05, 4.69) is 15.1 Å². The lowest BCUT2D eigenvalue weighted by Gasteiger charge is -2.16. The summed E-state index contributed by atoms with van der Waals surface area (Å²) in [7, 11) is 0. The van der Waals surface area contributed by atoms with Crippen LogP contribution in [0.2, 0.25) is 0 Å². The van der Waals surface area contributed by atoms with Gasteiger partial charge in [0.25, 0.3) is 0 Å². The summed E-state index contributed by atoms with van der Waals surface area (Å²) in [6.07, 6.45) is 0.525. The number of thiazole rings is 1. The van der Waals surface area contributed by atoms with Gasteiger partial charge in [0.15, 0.2) is 5.82 Å². The number of hydrogen-bond acceptors (Lipinski definition) is 7. The maximum atomic E-state index is 10.4. The molecule has 0 saturated carbocycles. The minimum absolute atomic E-state index is 0.172. The second-order valence-electron chi connectivity index (χ2n) is 5.98. The van der Waals surface area contributed by atoms with E-state index in [0.29, 0.717) is 41.8 Å². The van der Waals surface area contributed by atoms with Gasteiger partial charge in [-0.25, -0.2) is 4.98 Å². The van der Waals surface area contributed by atoms with Crippen LogP contribution in [0.3, 0.4) is 0 Å². The molecule has 3 aromatic rings. The molecule has 26 heavy (non-hydrogen) atoms. The molecular formula is C18H17N5O2S. The first-order valence-electron chi connectivity index (χ1n) is 8.18. The minimum atomic E-state index is 0.172. The molecular weight excluding hydrogens is 350 g/mol. The van der Waals surface area contributed by atoms with E-state index >= 15 is 0 Å². The lowest BCUT2D eigenvalue weighted by molar-refractivity contribution is 0.330. The van der Waals surface area contributed by atoms with Crippen molar-refractivity contribution >= 4 is 22.7 Å². The molecule has 0 aliphatic carbocycles. The molecule has 1 aliphatic heterocycles. The molecule has 2 N–H and O–H groups in total. The van der Waals surface area contributed by atoms with Gasteiger partial charge in [-0.3, -0.25) is 5.41 Å². The highest BCUT2D eigenvalue weighted by Crippen LogP contribution is 2.32. The van der Waals surface area contributed by atoms with E-state index < -0.39 is 0 Å². The number of aromatic nitrogens is 3. The van der Waals surface area contributed by atoms with Gasteiger partial charge in [0, 0.05) is 23.9 Å². The van der Waals surface area contributed by atoms with E-state index in [4.69, 9.17) is 9.93 Å². The predicted molar refractivity (Wildman–Crippen MR) is 99.1 cm³/mol. The smallest absolute Gasteiger partial charge is 0.228 e. The fourth-order valence-corrected chi connectivity index (χ4v) is 3.75. The summed E-state index contributed by atoms with van der Waals surface area (Å²) < 4.78 is 5.11. The van der Waals surface area contributed by atoms with Gasteiger partial charge in [-0.2, -0.15) is 4.98 Å². The number of benzene rings is 1. The van der Waals surface area contributed by atoms with Crippen LogP contribution < -0.4 is 0 Å². The molecule has 8 heteroatoms. The molecule has 0 unspecified atom stereocenters. The van der Waals surface area contributed by atoms with Gasteiger partial charge in [-0.05, 0) is 6.92 Å². The molecule has 2 aromatic heterocycles. The van der Waals surface area contributed by atoms with Crippen LogP contribution in [-0.2, 0) is 6.42 Å². The molecule has 0 fully saturated rings. The summed E-state index contributed by atoms with van der Waals surface area (Å²) in [6.45, 7) is 2.58. The summed E-state index contributed by atoms with van der Waals surface area (Å²) in [6, 6.07) is 9.87. The molecule has 4 rings (SSSR count). The summed E-state index contributed by atoms with van der Waals surface area (Å²) >= 11 is 1.43. The molecule has 0 saturated heterocycles. The van der Waals surface area contributed by atoms with Gasteiger partial charge < -0.3 is 14.5 Å². The second kappa shape index (κ2) is 6.72. The lowest BCUT2D eigenvalue weighted by Crippen LogP contribution is -2.28. The largest absolute Gasteiger partial charge is 0.510 e. The van der Waals surface area contributed by atoms with E-state index in [-0.39, 0.29) is 11.6 Å². The van der Waals surface area contributed by atoms with Crippen molar-refractivity contribution in [2.45, 2.75) is 13.3 Å². The number of nitrogens with zero attached hydrogens (tertiary/aromatic N) is 4. The predicted octanol–water partition coefficient (Wildman–Crippen LogP) is 3.31. The molecule has 0 atom stereocenters. The van der Waals surface area contributed by atoms with Crippen molar-refractivity contribution in [1.29, 1.82) is 5.41 Å². The maximum Gasteiger partial charge on any atom is 0.228 e. The van der Waals surface area contributed by atoms with Crippen LogP contribution in [0.1, 0.15) is 16.7 Å². The third-order valence-corrected chi connectivity index (χ3v) is 4.99. The summed E-state index contributed by atoms with van der Waals surface area (Å²) in [5, 5.41) is 25.2. The normalized spacial score (nSPS) is 14.5. The SMILES string of the molecule is Cc1noc(CCN2CC(O)=C(c3nc(-c4ccccc4)cs3)C2=N)n1. The Morgan fingerprint density at radius 1 is 1.27 bits per heavy atom. The first-order chi connectivity index (χ1) is 12.6. The number of aliphatic hydroxyl groups is 1. The molecule has 132 valence electrons. The quantitative estimate of drug-likeness (QED) is 0.718. The Morgan fingerprint density at radius 3 is 2.81 bits per heavy atom. The van der Waals surface area contributed by atoms with Crippen LogP contribution in [0.5, 0.6) is 0 Å². The Labute approximate surface area is 154 Å². The van der Waals surface area contributed by atoms with Crippen molar-refractivity contribution in [3.63, 3.8) is 0 Å². The number of nitrogens with one attached hydrogen (secondary N) is 1. The van der Waals surface area contributed by atoms with Crippen molar-refractivity contribution in [1.82, 2.24) is 20.0 Å². The van der Waals surface area contributed by atoms with Crippen molar-refractivity contribution in [3.8, 4) is 11.3 Å². The van der Waals surface area contributed by atoms with E-state index in [1.165, 1.54) is 11.3 Å². The monoisotopic (exact) mass is 367 g/mol. The van der Waals surface area contributed by atoms with E-state index in [1.54, 1.807) is 11.8 Å². The molecule has 0 radical (unpaired) electrons. The molecule has 0 bridgehead atoms. The zero-order valence-corrected chi connectivity index (χ0v) is 15.0. The highest BCUT2D eigenvalue weighted by Gasteiger charge is 2.30. The summed E-state index contributed by atoms with van der Waals surface area (Å²) in [5.41, 5.74) is 2.36. The average molecular weight is 367 g/mol. The van der Waals surface area contributed by atoms with Crippen molar-refractivity contribution in [2.75, 3.05) is 13.1 Å². The molecule has 1 aliphatic rings. The van der Waals surface area contributed by atoms with Gasteiger partial charge in [-0.15, -0.1) is 11.3 Å². The number of aryl methyl sites for hydroxylation is 1. The minimum Gasteiger partial charge on any atom is -0.510 e. The molecule has 1 aromatic carbocycles. The Morgan fingerprint density at radius 2 is 2.08 bits per heavy atom. The van der Waals surface area contributed by atoms with Crippen LogP contribution in [0, 0.1) is 12.3 Å². The van der Waals surface area contributed by atoms with Crippen LogP contribution >= 0.6 is 11.3 Å². The first kappa shape index (κ1) is 16.5. The lowest BCUT2D eigenvalue weighted by atomic mass is 10.2. The van der Waals surface area contributed by atoms with Gasteiger partial charge >= 0.3 is 0 Å². The van der Waals surface area contributed by atoms with Crippen molar-refractivity contribution < 1.29 is 9.63 Å². The standard InChI is InChI=1S/C18H17N5O2S/c1-11-20-15(25-22-11)7-8-23-9-14(24)16(17(23)19)18-21-13(10-26-18)12-5-3-2-4-6-12/h2-6,10,19,24H,7-9H2,1H3. The van der Waals surface area contributed by atoms with E-state index in [0.717, 1.165) is 11.3 Å². The van der Waals surface area contributed by atoms with Crippen molar-refractivity contribution in [2.24, 2.45) is 0 Å². The fourth-order valence-electron chi connectivity index (χ4n) is 2.85. The molecule has 0 spiro atoms. The van der Waals surface area contributed by atoms with Gasteiger partial charge in [0.1, 0.15) is 16.6 Å². The first-order valence-corrected chi connectivity index (χ1v) is 9.06. The number of rotatable bonds is 5. The Balaban J connectivity index is 1.49. The summed E-state index contributed by atoms with van der Waals surface area (Å²) in [5.74, 6) is 1.57. The fraction of sp³-hybridized carbons (Fsp3) is 0.222. The Kier molecular flexibility index (Phi) is 4.26. The third kappa shape index (κ3) is 3.11. The Hall–Kier alpha value is -3.00. The number of amidine groups is 1. The summed E-state index contributed by atoms with van der Waals surface area (Å²) in [4.78, 5) is 10.6. The highest BCUT2D eigenvalue weighted by molar-refractivity contribution is 7.11. The third-order valence-electron chi connectivity index (χ3n) is 4.14. The van der Waals surface area contributed by atoms with Gasteiger partial charge in [0.05, 0.1) is 17.8 Å². The molecule has 3 heterocycles. The van der Waals surface area contributed by atoms with Crippen molar-refractivity contribution in [3.05, 3.63) is 58.2 Å². The second-order valence-corrected chi connectivity index (χ2v) is 6.84. The van der Waals surface area contributed by atoms with Crippen LogP contribution in [0.15, 0.2) is 46.0 Å². The number of aliphatic hydroxyl groups excluding tert-OH is 1. The topological polar surface area (TPSA) is 99.1 Å². The highest BCUT2D eigenvalue weighted by atomic mass is 32.1. The molecule has 7 nitrogen and oxygen atoms in total. The molecule has 0 amide bonds. The maximum absolute atomic E-state index is 10.4. The van der Waals surface area contributed by atoms with Gasteiger partial charge in [-0.1, -0.05) is 35.5 Å². The zero-order valence-electron chi connectivity index (χ0n) is 14.1. The van der Waals surface area contributed by atoms with Gasteiger partial charge in [0.2, 0.25) is 5.89 Å². The van der Waals surface area contributed by atoms with E-state index in [1.807, 2.05) is 35.7 Å². The number of hydrogen-bond donors (Lipinski definition) is 2. The average Bonchev–Trinajstić information content (AvgIpc) is 3.34. The van der Waals surface area contributed by atoms with E-state index in [9.17, 15) is 5.11 Å². The van der Waals surface area contributed by atoms with Crippen LogP contribution in [0.4, 0.5) is 0 Å². The van der Waals surface area contributed by atoms with Crippen LogP contribution in [0.25, 0.3) is 16.8 Å². The Bertz CT molecular complexity index is 976. The van der Waals surface area contributed by atoms with Crippen LogP contribution in [-0.4, -0.2) is 44.1 Å².